The lowest BCUT2D eigenvalue weighted by Gasteiger charge is -2.17. The van der Waals surface area contributed by atoms with E-state index in [0.717, 1.165) is 6.07 Å². The van der Waals surface area contributed by atoms with Crippen LogP contribution in [0, 0.1) is 11.7 Å². The number of Topliss-reactive ketones (excluding diaryl/α,β-unsaturated/α-hetero) is 1. The summed E-state index contributed by atoms with van der Waals surface area (Å²) in [5.41, 5.74) is -0.884. The number of benzene rings is 2. The maximum Gasteiger partial charge on any atom is 0.332 e. The average molecular weight is 341 g/mol. The molecule has 128 valence electrons. The number of hydrogen-bond donors (Lipinski definition) is 1. The number of amides is 1. The number of carbonyl (C=O) groups excluding carboxylic acids is 3. The van der Waals surface area contributed by atoms with Crippen molar-refractivity contribution in [2.75, 3.05) is 7.11 Å². The summed E-state index contributed by atoms with van der Waals surface area (Å²) in [6.07, 6.45) is 0.119. The molecule has 1 fully saturated rings. The third-order valence-corrected chi connectivity index (χ3v) is 4.31. The predicted octanol–water partition coefficient (Wildman–Crippen LogP) is 2.37. The molecular formula is C19H16FNO4. The lowest BCUT2D eigenvalue weighted by Crippen LogP contribution is -2.46. The van der Waals surface area contributed by atoms with Crippen LogP contribution in [0.4, 0.5) is 4.39 Å². The minimum absolute atomic E-state index is 0.119. The Kier molecular flexibility index (Phi) is 4.35. The van der Waals surface area contributed by atoms with E-state index in [1.165, 1.54) is 25.3 Å². The molecule has 1 aliphatic carbocycles. The number of nitrogens with one attached hydrogen (secondary N) is 1. The summed E-state index contributed by atoms with van der Waals surface area (Å²) in [5.74, 6) is -2.89. The lowest BCUT2D eigenvalue weighted by atomic mass is 10.0. The number of methoxy groups -OCH3 is 1. The number of halogens is 1. The molecule has 1 amide bonds. The smallest absolute Gasteiger partial charge is 0.332 e. The van der Waals surface area contributed by atoms with Crippen molar-refractivity contribution in [1.82, 2.24) is 5.32 Å². The zero-order valence-electron chi connectivity index (χ0n) is 13.5. The van der Waals surface area contributed by atoms with Crippen LogP contribution in [0.25, 0.3) is 0 Å². The fourth-order valence-electron chi connectivity index (χ4n) is 2.88. The van der Waals surface area contributed by atoms with Crippen LogP contribution < -0.4 is 5.32 Å². The number of hydrogen-bond acceptors (Lipinski definition) is 4. The van der Waals surface area contributed by atoms with Crippen LogP contribution in [-0.4, -0.2) is 30.3 Å². The Bertz CT molecular complexity index is 836. The number of rotatable bonds is 5. The Balaban J connectivity index is 1.84. The van der Waals surface area contributed by atoms with Gasteiger partial charge in [0.1, 0.15) is 11.4 Å². The molecule has 6 heteroatoms. The molecule has 3 rings (SSSR count). The normalized spacial score (nSPS) is 21.3. The summed E-state index contributed by atoms with van der Waals surface area (Å²) in [6, 6.07) is 13.6. The molecule has 0 aromatic heterocycles. The maximum atomic E-state index is 13.3. The van der Waals surface area contributed by atoms with Crippen LogP contribution >= 0.6 is 0 Å². The first-order chi connectivity index (χ1) is 12.0. The molecule has 1 aliphatic rings. The molecule has 2 aromatic carbocycles. The van der Waals surface area contributed by atoms with E-state index >= 15 is 0 Å². The summed E-state index contributed by atoms with van der Waals surface area (Å²) in [6.45, 7) is 0. The maximum absolute atomic E-state index is 13.3. The van der Waals surface area contributed by atoms with E-state index in [-0.39, 0.29) is 12.0 Å². The Labute approximate surface area is 143 Å². The van der Waals surface area contributed by atoms with Gasteiger partial charge in [0.05, 0.1) is 13.0 Å². The van der Waals surface area contributed by atoms with E-state index in [1.807, 2.05) is 0 Å². The highest BCUT2D eigenvalue weighted by atomic mass is 19.1. The van der Waals surface area contributed by atoms with Crippen molar-refractivity contribution in [1.29, 1.82) is 0 Å². The molecule has 0 aliphatic heterocycles. The zero-order chi connectivity index (χ0) is 18.0. The largest absolute Gasteiger partial charge is 0.467 e. The van der Waals surface area contributed by atoms with Crippen molar-refractivity contribution in [3.05, 3.63) is 71.5 Å². The van der Waals surface area contributed by atoms with E-state index < -0.39 is 34.9 Å². The molecule has 2 aromatic rings. The molecule has 25 heavy (non-hydrogen) atoms. The Morgan fingerprint density at radius 1 is 1.08 bits per heavy atom. The van der Waals surface area contributed by atoms with Crippen LogP contribution in [0.15, 0.2) is 54.6 Å². The first kappa shape index (κ1) is 16.8. The molecule has 0 spiro atoms. The summed E-state index contributed by atoms with van der Waals surface area (Å²) in [4.78, 5) is 37.2. The highest BCUT2D eigenvalue weighted by Gasteiger charge is 2.65. The van der Waals surface area contributed by atoms with E-state index in [2.05, 4.69) is 5.32 Å². The van der Waals surface area contributed by atoms with Crippen LogP contribution in [0.2, 0.25) is 0 Å². The number of esters is 1. The highest BCUT2D eigenvalue weighted by Crippen LogP contribution is 2.46. The second-order valence-corrected chi connectivity index (χ2v) is 5.91. The first-order valence-electron chi connectivity index (χ1n) is 7.73. The van der Waals surface area contributed by atoms with Gasteiger partial charge in [-0.25, -0.2) is 9.18 Å². The van der Waals surface area contributed by atoms with Crippen molar-refractivity contribution in [3.8, 4) is 0 Å². The average Bonchev–Trinajstić information content (AvgIpc) is 3.36. The van der Waals surface area contributed by atoms with Crippen molar-refractivity contribution in [3.63, 3.8) is 0 Å². The van der Waals surface area contributed by atoms with E-state index in [1.54, 1.807) is 30.3 Å². The third-order valence-electron chi connectivity index (χ3n) is 4.31. The monoisotopic (exact) mass is 341 g/mol. The van der Waals surface area contributed by atoms with E-state index in [9.17, 15) is 18.8 Å². The molecule has 5 nitrogen and oxygen atoms in total. The van der Waals surface area contributed by atoms with E-state index in [4.69, 9.17) is 4.74 Å². The molecule has 0 heterocycles. The topological polar surface area (TPSA) is 72.5 Å². The third kappa shape index (κ3) is 3.15. The van der Waals surface area contributed by atoms with Gasteiger partial charge in [0.2, 0.25) is 0 Å². The minimum atomic E-state index is -1.41. The second-order valence-electron chi connectivity index (χ2n) is 5.91. The molecule has 0 saturated heterocycles. The second kappa shape index (κ2) is 6.47. The lowest BCUT2D eigenvalue weighted by molar-refractivity contribution is -0.144. The van der Waals surface area contributed by atoms with Gasteiger partial charge in [-0.2, -0.15) is 0 Å². The Morgan fingerprint density at radius 2 is 1.76 bits per heavy atom. The standard InChI is InChI=1S/C19H16FNO4/c1-25-18(24)19(21-17(23)12-6-3-2-4-7-12)11-15(19)16(22)13-8-5-9-14(20)10-13/h2-10,15H,11H2,1H3,(H,21,23). The summed E-state index contributed by atoms with van der Waals surface area (Å²) < 4.78 is 18.1. The van der Waals surface area contributed by atoms with Crippen molar-refractivity contribution >= 4 is 17.7 Å². The molecular weight excluding hydrogens is 325 g/mol. The summed E-state index contributed by atoms with van der Waals surface area (Å²) in [7, 11) is 1.20. The van der Waals surface area contributed by atoms with Crippen LogP contribution in [0.3, 0.4) is 0 Å². The molecule has 0 bridgehead atoms. The molecule has 2 unspecified atom stereocenters. The number of ether oxygens (including phenoxy) is 1. The van der Waals surface area contributed by atoms with Gasteiger partial charge in [0.25, 0.3) is 5.91 Å². The van der Waals surface area contributed by atoms with Crippen LogP contribution in [0.5, 0.6) is 0 Å². The van der Waals surface area contributed by atoms with Gasteiger partial charge >= 0.3 is 5.97 Å². The van der Waals surface area contributed by atoms with Gasteiger partial charge in [0.15, 0.2) is 5.78 Å². The fraction of sp³-hybridized carbons (Fsp3) is 0.211. The number of carbonyl (C=O) groups is 3. The van der Waals surface area contributed by atoms with Gasteiger partial charge in [-0.1, -0.05) is 30.3 Å². The van der Waals surface area contributed by atoms with Gasteiger partial charge in [-0.3, -0.25) is 9.59 Å². The van der Waals surface area contributed by atoms with Crippen LogP contribution in [-0.2, 0) is 9.53 Å². The highest BCUT2D eigenvalue weighted by molar-refractivity contribution is 6.09. The van der Waals surface area contributed by atoms with Gasteiger partial charge in [-0.15, -0.1) is 0 Å². The quantitative estimate of drug-likeness (QED) is 0.669. The Morgan fingerprint density at radius 3 is 2.40 bits per heavy atom. The summed E-state index contributed by atoms with van der Waals surface area (Å²) >= 11 is 0. The van der Waals surface area contributed by atoms with Gasteiger partial charge in [-0.05, 0) is 30.7 Å². The SMILES string of the molecule is COC(=O)C1(NC(=O)c2ccccc2)CC1C(=O)c1cccc(F)c1. The van der Waals surface area contributed by atoms with Gasteiger partial charge in [0, 0.05) is 11.1 Å². The van der Waals surface area contributed by atoms with Crippen molar-refractivity contribution < 1.29 is 23.5 Å². The number of ketones is 1. The van der Waals surface area contributed by atoms with Gasteiger partial charge < -0.3 is 10.1 Å². The fourth-order valence-corrected chi connectivity index (χ4v) is 2.88. The van der Waals surface area contributed by atoms with Crippen molar-refractivity contribution in [2.24, 2.45) is 5.92 Å². The predicted molar refractivity (Wildman–Crippen MR) is 87.5 cm³/mol. The summed E-state index contributed by atoms with van der Waals surface area (Å²) in [5, 5.41) is 2.62. The zero-order valence-corrected chi connectivity index (χ0v) is 13.5. The first-order valence-corrected chi connectivity index (χ1v) is 7.73. The molecule has 0 radical (unpaired) electrons. The molecule has 1 N–H and O–H groups in total. The van der Waals surface area contributed by atoms with Crippen molar-refractivity contribution in [2.45, 2.75) is 12.0 Å². The minimum Gasteiger partial charge on any atom is -0.467 e. The van der Waals surface area contributed by atoms with E-state index in [0.29, 0.717) is 5.56 Å². The Hall–Kier alpha value is -3.02. The van der Waals surface area contributed by atoms with Crippen LogP contribution in [0.1, 0.15) is 27.1 Å². The molecule has 1 saturated carbocycles. The molecule has 2 atom stereocenters.